The molecule has 0 amide bonds. The summed E-state index contributed by atoms with van der Waals surface area (Å²) < 4.78 is 89.2. The third-order valence-corrected chi connectivity index (χ3v) is 14.1. The maximum Gasteiger partial charge on any atom is 0.350 e. The molecule has 4 aromatic carbocycles. The fourth-order valence-corrected chi connectivity index (χ4v) is 10.5. The molecule has 3 saturated heterocycles. The van der Waals surface area contributed by atoms with E-state index in [0.717, 1.165) is 49.7 Å². The summed E-state index contributed by atoms with van der Waals surface area (Å²) in [4.78, 5) is 26.6. The van der Waals surface area contributed by atoms with E-state index in [1.807, 2.05) is 50.2 Å². The van der Waals surface area contributed by atoms with Crippen molar-refractivity contribution in [2.45, 2.75) is 75.5 Å². The lowest BCUT2D eigenvalue weighted by Crippen LogP contribution is -2.46. The van der Waals surface area contributed by atoms with Crippen LogP contribution in [0.2, 0.25) is 0 Å². The normalized spacial score (nSPS) is 22.3. The van der Waals surface area contributed by atoms with Crippen LogP contribution < -0.4 is 20.2 Å². The smallest absolute Gasteiger partial charge is 0.350 e. The van der Waals surface area contributed by atoms with Crippen molar-refractivity contribution < 1.29 is 36.5 Å². The molecular formula is C51H55F4N11O5. The van der Waals surface area contributed by atoms with Crippen LogP contribution in [-0.2, 0) is 38.3 Å². The van der Waals surface area contributed by atoms with E-state index in [-0.39, 0.29) is 49.1 Å². The average molecular weight is 978 g/mol. The minimum Gasteiger partial charge on any atom is -0.493 e. The SMILES string of the molecule is CC[C@@H]([C@H](C)OC[C@@H]1C[C@@](Cn2cncn2)(c2ccc(F)cc2F)CO1)n1ncn(-c2ccc(N3CCN(c4ccc(OC[C@@H]5CO[C@@](Cn6cncn6)(c6ccc(F)cc6F)C5)cc4)CC3)cc2)c1=O. The van der Waals surface area contributed by atoms with E-state index in [1.54, 1.807) is 22.0 Å². The fourth-order valence-electron chi connectivity index (χ4n) is 10.5. The minimum absolute atomic E-state index is 0.0377. The van der Waals surface area contributed by atoms with Crippen LogP contribution in [0.3, 0.4) is 0 Å². The second kappa shape index (κ2) is 20.4. The van der Waals surface area contributed by atoms with Gasteiger partial charge in [-0.1, -0.05) is 19.1 Å². The van der Waals surface area contributed by atoms with Gasteiger partial charge in [-0.2, -0.15) is 15.3 Å². The van der Waals surface area contributed by atoms with E-state index in [1.165, 1.54) is 52.5 Å². The number of rotatable bonds is 18. The molecule has 3 aliphatic heterocycles. The van der Waals surface area contributed by atoms with Crippen LogP contribution in [0.4, 0.5) is 28.9 Å². The molecule has 71 heavy (non-hydrogen) atoms. The van der Waals surface area contributed by atoms with Crippen molar-refractivity contribution >= 4 is 11.4 Å². The van der Waals surface area contributed by atoms with Crippen molar-refractivity contribution in [1.29, 1.82) is 0 Å². The van der Waals surface area contributed by atoms with Gasteiger partial charge in [0.15, 0.2) is 0 Å². The first-order valence-electron chi connectivity index (χ1n) is 23.9. The average Bonchev–Trinajstić information content (AvgIpc) is 4.26. The summed E-state index contributed by atoms with van der Waals surface area (Å²) in [5.41, 5.74) is 1.32. The number of hydrogen-bond donors (Lipinski definition) is 0. The highest BCUT2D eigenvalue weighted by Gasteiger charge is 2.46. The molecule has 0 bridgehead atoms. The number of nitrogens with zero attached hydrogens (tertiary/aromatic N) is 11. The Morgan fingerprint density at radius 1 is 0.718 bits per heavy atom. The van der Waals surface area contributed by atoms with Crippen molar-refractivity contribution in [3.8, 4) is 11.4 Å². The van der Waals surface area contributed by atoms with Crippen LogP contribution >= 0.6 is 0 Å². The Bertz CT molecular complexity index is 2930. The molecule has 16 nitrogen and oxygen atoms in total. The zero-order valence-corrected chi connectivity index (χ0v) is 39.4. The minimum atomic E-state index is -1.04. The van der Waals surface area contributed by atoms with Gasteiger partial charge in [0.05, 0.1) is 63.5 Å². The molecular weight excluding hydrogens is 923 g/mol. The van der Waals surface area contributed by atoms with Gasteiger partial charge in [-0.15, -0.1) is 0 Å². The number of ether oxygens (including phenoxy) is 4. The predicted molar refractivity (Wildman–Crippen MR) is 253 cm³/mol. The van der Waals surface area contributed by atoms with Gasteiger partial charge >= 0.3 is 5.69 Å². The van der Waals surface area contributed by atoms with Gasteiger partial charge in [0.2, 0.25) is 0 Å². The summed E-state index contributed by atoms with van der Waals surface area (Å²) in [6.45, 7) is 8.72. The van der Waals surface area contributed by atoms with E-state index in [0.29, 0.717) is 56.0 Å². The highest BCUT2D eigenvalue weighted by atomic mass is 19.1. The molecule has 6 heterocycles. The van der Waals surface area contributed by atoms with E-state index in [4.69, 9.17) is 18.9 Å². The Kier molecular flexibility index (Phi) is 13.8. The number of hydrogen-bond acceptors (Lipinski definition) is 12. The van der Waals surface area contributed by atoms with Crippen molar-refractivity contribution in [1.82, 2.24) is 43.9 Å². The third kappa shape index (κ3) is 10.2. The number of aromatic nitrogens is 9. The van der Waals surface area contributed by atoms with Crippen molar-refractivity contribution in [2.75, 3.05) is 62.4 Å². The first-order valence-corrected chi connectivity index (χ1v) is 23.9. The van der Waals surface area contributed by atoms with Gasteiger partial charge in [-0.05, 0) is 92.4 Å². The Morgan fingerprint density at radius 2 is 1.32 bits per heavy atom. The van der Waals surface area contributed by atoms with Crippen molar-refractivity contribution in [3.05, 3.63) is 161 Å². The first kappa shape index (κ1) is 47.8. The number of halogens is 4. The van der Waals surface area contributed by atoms with Gasteiger partial charge in [0.1, 0.15) is 66.3 Å². The summed E-state index contributed by atoms with van der Waals surface area (Å²) in [5, 5.41) is 12.9. The van der Waals surface area contributed by atoms with Crippen LogP contribution in [0, 0.1) is 29.2 Å². The van der Waals surface area contributed by atoms with Crippen LogP contribution in [0.15, 0.2) is 121 Å². The van der Waals surface area contributed by atoms with Gasteiger partial charge in [0, 0.05) is 66.6 Å². The maximum absolute atomic E-state index is 15.2. The number of benzene rings is 4. The zero-order chi connectivity index (χ0) is 49.1. The molecule has 20 heteroatoms. The van der Waals surface area contributed by atoms with Crippen LogP contribution in [0.5, 0.6) is 5.75 Å². The molecule has 6 atom stereocenters. The van der Waals surface area contributed by atoms with Crippen LogP contribution in [0.1, 0.15) is 50.3 Å². The van der Waals surface area contributed by atoms with Gasteiger partial charge in [-0.25, -0.2) is 46.3 Å². The molecule has 0 saturated carbocycles. The predicted octanol–water partition coefficient (Wildman–Crippen LogP) is 6.89. The maximum atomic E-state index is 15.2. The standard InChI is InChI=1S/C51H55F4N11O5/c1-3-48(35(2)68-26-43-23-50(29-70-43,27-63-32-56-30-58-63)44-14-4-37(52)20-46(44)54)66-49(67)65(34-60-66)41-8-6-39(7-9-41)61-16-18-62(19-17-61)40-10-12-42(13-11-40)69-24-36-22-51(71-25-36,28-64-33-57-31-59-64)45-15-5-38(53)21-47(45)55/h4-15,20-21,30-36,43,48H,3,16-19,22-29H2,1-2H3/t35-,36+,43-,48-,50-,51-/m0/s1. The number of anilines is 2. The fraction of sp³-hybridized carbons (Fsp3) is 0.412. The first-order chi connectivity index (χ1) is 34.5. The van der Waals surface area contributed by atoms with Gasteiger partial charge in [-0.3, -0.25) is 4.68 Å². The van der Waals surface area contributed by atoms with E-state index in [9.17, 15) is 13.6 Å². The third-order valence-electron chi connectivity index (χ3n) is 14.1. The topological polar surface area (TPSA) is 145 Å². The molecule has 0 radical (unpaired) electrons. The summed E-state index contributed by atoms with van der Waals surface area (Å²) in [6.07, 6.45) is 8.12. The second-order valence-corrected chi connectivity index (χ2v) is 18.8. The Morgan fingerprint density at radius 3 is 1.93 bits per heavy atom. The lowest BCUT2D eigenvalue weighted by Gasteiger charge is -2.37. The molecule has 3 aromatic heterocycles. The molecule has 3 aliphatic rings. The lowest BCUT2D eigenvalue weighted by atomic mass is 9.78. The molecule has 0 aliphatic carbocycles. The Labute approximate surface area is 407 Å². The number of piperazine rings is 1. The molecule has 10 rings (SSSR count). The monoisotopic (exact) mass is 977 g/mol. The highest BCUT2D eigenvalue weighted by molar-refractivity contribution is 5.55. The molecule has 372 valence electrons. The lowest BCUT2D eigenvalue weighted by molar-refractivity contribution is -0.0352. The van der Waals surface area contributed by atoms with Gasteiger partial charge < -0.3 is 28.7 Å². The van der Waals surface area contributed by atoms with Crippen molar-refractivity contribution in [3.63, 3.8) is 0 Å². The zero-order valence-electron chi connectivity index (χ0n) is 39.4. The summed E-state index contributed by atoms with van der Waals surface area (Å²) in [7, 11) is 0. The summed E-state index contributed by atoms with van der Waals surface area (Å²) in [6, 6.07) is 22.7. The van der Waals surface area contributed by atoms with E-state index < -0.39 is 40.4 Å². The van der Waals surface area contributed by atoms with Crippen molar-refractivity contribution in [2.24, 2.45) is 5.92 Å². The summed E-state index contributed by atoms with van der Waals surface area (Å²) >= 11 is 0. The second-order valence-electron chi connectivity index (χ2n) is 18.8. The van der Waals surface area contributed by atoms with E-state index >= 15 is 8.78 Å². The van der Waals surface area contributed by atoms with Crippen LogP contribution in [0.25, 0.3) is 5.69 Å². The van der Waals surface area contributed by atoms with Crippen LogP contribution in [-0.4, -0.2) is 109 Å². The molecule has 0 spiro atoms. The molecule has 0 N–H and O–H groups in total. The Balaban J connectivity index is 0.705. The highest BCUT2D eigenvalue weighted by Crippen LogP contribution is 2.43. The summed E-state index contributed by atoms with van der Waals surface area (Å²) in [5.74, 6) is -1.93. The van der Waals surface area contributed by atoms with E-state index in [2.05, 4.69) is 47.2 Å². The Hall–Kier alpha value is -6.90. The van der Waals surface area contributed by atoms with Gasteiger partial charge in [0.25, 0.3) is 0 Å². The largest absolute Gasteiger partial charge is 0.493 e. The molecule has 0 unspecified atom stereocenters. The quantitative estimate of drug-likeness (QED) is 0.0826. The molecule has 3 fully saturated rings. The molecule has 7 aromatic rings.